The van der Waals surface area contributed by atoms with Crippen molar-refractivity contribution in [2.45, 2.75) is 31.1 Å². The minimum Gasteiger partial charge on any atom is -0.396 e. The largest absolute Gasteiger partial charge is 0.396 e. The van der Waals surface area contributed by atoms with Crippen LogP contribution in [0.25, 0.3) is 0 Å². The molecule has 0 spiro atoms. The van der Waals surface area contributed by atoms with E-state index in [0.29, 0.717) is 10.9 Å². The second kappa shape index (κ2) is 5.84. The van der Waals surface area contributed by atoms with Gasteiger partial charge < -0.3 is 16.4 Å². The molecule has 1 saturated heterocycles. The lowest BCUT2D eigenvalue weighted by atomic mass is 10.0. The highest BCUT2D eigenvalue weighted by Crippen LogP contribution is 2.42. The number of sulfone groups is 1. The molecule has 1 aliphatic rings. The Morgan fingerprint density at radius 2 is 2.00 bits per heavy atom. The molecule has 1 unspecified atom stereocenters. The van der Waals surface area contributed by atoms with Gasteiger partial charge in [-0.3, -0.25) is 4.79 Å². The monoisotopic (exact) mass is 331 g/mol. The number of thiophene rings is 1. The molecule has 1 aliphatic heterocycles. The summed E-state index contributed by atoms with van der Waals surface area (Å²) < 4.78 is 24.1. The van der Waals surface area contributed by atoms with Gasteiger partial charge in [-0.05, 0) is 25.2 Å². The summed E-state index contributed by atoms with van der Waals surface area (Å²) in [6.45, 7) is 3.73. The van der Waals surface area contributed by atoms with Crippen LogP contribution in [0, 0.1) is 5.92 Å². The summed E-state index contributed by atoms with van der Waals surface area (Å²) in [5.41, 5.74) is 11.2. The van der Waals surface area contributed by atoms with E-state index in [4.69, 9.17) is 11.5 Å². The lowest BCUT2D eigenvalue weighted by molar-refractivity contribution is 0.100. The summed E-state index contributed by atoms with van der Waals surface area (Å²) in [4.78, 5) is 13.7. The number of carbonyl (C=O) groups excluding carboxylic acids is 1. The number of primary amides is 1. The number of nitrogens with two attached hydrogens (primary N) is 2. The first-order valence-electron chi connectivity index (χ1n) is 6.89. The van der Waals surface area contributed by atoms with Gasteiger partial charge in [0.25, 0.3) is 5.91 Å². The molecule has 0 bridgehead atoms. The van der Waals surface area contributed by atoms with Crippen molar-refractivity contribution in [3.63, 3.8) is 0 Å². The van der Waals surface area contributed by atoms with Gasteiger partial charge in [0.1, 0.15) is 14.8 Å². The lowest BCUT2D eigenvalue weighted by Gasteiger charge is -2.22. The van der Waals surface area contributed by atoms with Crippen molar-refractivity contribution >= 4 is 37.8 Å². The smallest absolute Gasteiger partial charge is 0.261 e. The first-order chi connectivity index (χ1) is 9.71. The first kappa shape index (κ1) is 16.1. The van der Waals surface area contributed by atoms with Crippen molar-refractivity contribution < 1.29 is 13.2 Å². The number of hydrogen-bond acceptors (Lipinski definition) is 6. The highest BCUT2D eigenvalue weighted by Gasteiger charge is 2.29. The van der Waals surface area contributed by atoms with E-state index in [9.17, 15) is 13.2 Å². The number of nitrogen functional groups attached to an aromatic ring is 1. The number of amides is 1. The zero-order valence-corrected chi connectivity index (χ0v) is 13.9. The molecule has 1 aromatic heterocycles. The molecule has 2 heterocycles. The molecule has 0 saturated carbocycles. The SMILES string of the molecule is CC1CCCN(c2sc(C(N)=O)c(N)c2S(C)(=O)=O)CC1. The van der Waals surface area contributed by atoms with Crippen molar-refractivity contribution in [2.75, 3.05) is 30.0 Å². The van der Waals surface area contributed by atoms with E-state index < -0.39 is 15.7 Å². The van der Waals surface area contributed by atoms with E-state index in [-0.39, 0.29) is 15.5 Å². The fourth-order valence-electron chi connectivity index (χ4n) is 2.63. The molecule has 21 heavy (non-hydrogen) atoms. The van der Waals surface area contributed by atoms with Gasteiger partial charge in [-0.1, -0.05) is 6.92 Å². The van der Waals surface area contributed by atoms with Crippen LogP contribution in [0.3, 0.4) is 0 Å². The molecular weight excluding hydrogens is 310 g/mol. The normalized spacial score (nSPS) is 20.3. The quantitative estimate of drug-likeness (QED) is 0.872. The molecule has 0 aliphatic carbocycles. The fraction of sp³-hybridized carbons (Fsp3) is 0.615. The van der Waals surface area contributed by atoms with Crippen molar-refractivity contribution in [1.29, 1.82) is 0 Å². The Balaban J connectivity index is 2.52. The molecule has 118 valence electrons. The van der Waals surface area contributed by atoms with Crippen molar-refractivity contribution in [1.82, 2.24) is 0 Å². The van der Waals surface area contributed by atoms with Gasteiger partial charge in [0.05, 0.1) is 5.69 Å². The van der Waals surface area contributed by atoms with Gasteiger partial charge in [-0.15, -0.1) is 11.3 Å². The zero-order chi connectivity index (χ0) is 15.8. The number of rotatable bonds is 3. The minimum absolute atomic E-state index is 0.0118. The molecule has 1 amide bonds. The van der Waals surface area contributed by atoms with Crippen molar-refractivity contribution in [3.05, 3.63) is 4.88 Å². The van der Waals surface area contributed by atoms with E-state index in [1.54, 1.807) is 0 Å². The highest BCUT2D eigenvalue weighted by molar-refractivity contribution is 7.91. The Morgan fingerprint density at radius 3 is 2.57 bits per heavy atom. The maximum Gasteiger partial charge on any atom is 0.261 e. The zero-order valence-electron chi connectivity index (χ0n) is 12.3. The van der Waals surface area contributed by atoms with E-state index in [1.807, 2.05) is 4.90 Å². The van der Waals surface area contributed by atoms with Crippen LogP contribution in [0.1, 0.15) is 35.9 Å². The lowest BCUT2D eigenvalue weighted by Crippen LogP contribution is -2.24. The maximum atomic E-state index is 12.1. The van der Waals surface area contributed by atoms with Gasteiger partial charge in [0.2, 0.25) is 0 Å². The Labute approximate surface area is 129 Å². The van der Waals surface area contributed by atoms with Crippen LogP contribution in [-0.4, -0.2) is 33.7 Å². The molecule has 1 atom stereocenters. The Hall–Kier alpha value is -1.28. The summed E-state index contributed by atoms with van der Waals surface area (Å²) >= 11 is 1.09. The van der Waals surface area contributed by atoms with Gasteiger partial charge in [0, 0.05) is 19.3 Å². The fourth-order valence-corrected chi connectivity index (χ4v) is 5.24. The topological polar surface area (TPSA) is 106 Å². The van der Waals surface area contributed by atoms with E-state index >= 15 is 0 Å². The first-order valence-corrected chi connectivity index (χ1v) is 9.59. The van der Waals surface area contributed by atoms with E-state index in [2.05, 4.69) is 6.92 Å². The molecule has 6 nitrogen and oxygen atoms in total. The van der Waals surface area contributed by atoms with Crippen LogP contribution in [0.5, 0.6) is 0 Å². The molecule has 1 fully saturated rings. The summed E-state index contributed by atoms with van der Waals surface area (Å²) in [5.74, 6) is -0.0681. The Morgan fingerprint density at radius 1 is 1.33 bits per heavy atom. The molecule has 8 heteroatoms. The number of anilines is 2. The average Bonchev–Trinajstić information content (AvgIpc) is 2.56. The summed E-state index contributed by atoms with van der Waals surface area (Å²) in [6, 6.07) is 0. The summed E-state index contributed by atoms with van der Waals surface area (Å²) in [7, 11) is -3.52. The van der Waals surface area contributed by atoms with E-state index in [1.165, 1.54) is 0 Å². The van der Waals surface area contributed by atoms with Gasteiger partial charge in [-0.25, -0.2) is 8.42 Å². The average molecular weight is 331 g/mol. The van der Waals surface area contributed by atoms with Crippen LogP contribution in [0.4, 0.5) is 10.7 Å². The van der Waals surface area contributed by atoms with Gasteiger partial charge in [-0.2, -0.15) is 0 Å². The van der Waals surface area contributed by atoms with Gasteiger partial charge >= 0.3 is 0 Å². The van der Waals surface area contributed by atoms with E-state index in [0.717, 1.165) is 49.9 Å². The molecular formula is C13H21N3O3S2. The summed E-state index contributed by atoms with van der Waals surface area (Å²) in [5, 5.41) is 0.554. The van der Waals surface area contributed by atoms with Crippen LogP contribution in [0.15, 0.2) is 4.90 Å². The number of nitrogens with zero attached hydrogens (tertiary/aromatic N) is 1. The molecule has 1 aromatic rings. The highest BCUT2D eigenvalue weighted by atomic mass is 32.2. The second-order valence-electron chi connectivity index (χ2n) is 5.64. The second-order valence-corrected chi connectivity index (χ2v) is 8.59. The molecule has 2 rings (SSSR count). The molecule has 0 aromatic carbocycles. The maximum absolute atomic E-state index is 12.1. The van der Waals surface area contributed by atoms with Crippen molar-refractivity contribution in [3.8, 4) is 0 Å². The third kappa shape index (κ3) is 3.32. The van der Waals surface area contributed by atoms with Crippen LogP contribution in [0.2, 0.25) is 0 Å². The minimum atomic E-state index is -3.52. The Kier molecular flexibility index (Phi) is 4.48. The molecule has 0 radical (unpaired) electrons. The molecule has 4 N–H and O–H groups in total. The third-order valence-corrected chi connectivity index (χ3v) is 6.35. The van der Waals surface area contributed by atoms with Crippen LogP contribution >= 0.6 is 11.3 Å². The van der Waals surface area contributed by atoms with Crippen LogP contribution in [-0.2, 0) is 9.84 Å². The number of carbonyl (C=O) groups is 1. The predicted molar refractivity (Wildman–Crippen MR) is 85.6 cm³/mol. The predicted octanol–water partition coefficient (Wildman–Crippen LogP) is 1.46. The van der Waals surface area contributed by atoms with Gasteiger partial charge in [0.15, 0.2) is 9.84 Å². The standard InChI is InChI=1S/C13H21N3O3S2/c1-8-4-3-6-16(7-5-8)13-11(21(2,18)19)9(14)10(20-13)12(15)17/h8H,3-7,14H2,1-2H3,(H2,15,17). The number of hydrogen-bond donors (Lipinski definition) is 2. The third-order valence-electron chi connectivity index (χ3n) is 3.78. The Bertz CT molecular complexity index is 652. The van der Waals surface area contributed by atoms with Crippen molar-refractivity contribution in [2.24, 2.45) is 11.7 Å². The summed E-state index contributed by atoms with van der Waals surface area (Å²) in [6.07, 6.45) is 4.22. The van der Waals surface area contributed by atoms with Crippen LogP contribution < -0.4 is 16.4 Å².